The van der Waals surface area contributed by atoms with Gasteiger partial charge in [0.15, 0.2) is 0 Å². The molecular formula is C20H13Cl2N3O2. The molecule has 4 rings (SSSR count). The van der Waals surface area contributed by atoms with E-state index in [2.05, 4.69) is 9.97 Å². The number of para-hydroxylation sites is 2. The molecule has 2 heterocycles. The molecule has 0 bridgehead atoms. The maximum Gasteiger partial charge on any atom is 0.252 e. The minimum absolute atomic E-state index is 0.212. The summed E-state index contributed by atoms with van der Waals surface area (Å²) in [5, 5.41) is 0.833. The SMILES string of the molecule is NC(=O)/C(=C\c1ccc(-c2cccc(Cl)c2Cl)o1)c1nc2ccccc2[nH]1. The Morgan fingerprint density at radius 3 is 2.67 bits per heavy atom. The molecule has 27 heavy (non-hydrogen) atoms. The lowest BCUT2D eigenvalue weighted by molar-refractivity contribution is -0.112. The van der Waals surface area contributed by atoms with Crippen molar-refractivity contribution in [2.45, 2.75) is 0 Å². The Bertz CT molecular complexity index is 1160. The number of primary amides is 1. The van der Waals surface area contributed by atoms with Crippen molar-refractivity contribution < 1.29 is 9.21 Å². The number of aromatic nitrogens is 2. The lowest BCUT2D eigenvalue weighted by Crippen LogP contribution is -2.13. The molecule has 2 aromatic carbocycles. The molecule has 134 valence electrons. The smallest absolute Gasteiger partial charge is 0.252 e. The van der Waals surface area contributed by atoms with E-state index in [1.807, 2.05) is 24.3 Å². The summed E-state index contributed by atoms with van der Waals surface area (Å²) in [5.41, 5.74) is 7.98. The van der Waals surface area contributed by atoms with E-state index in [4.69, 9.17) is 33.4 Å². The van der Waals surface area contributed by atoms with Crippen LogP contribution < -0.4 is 5.73 Å². The molecule has 0 saturated heterocycles. The van der Waals surface area contributed by atoms with E-state index in [1.165, 1.54) is 0 Å². The Balaban J connectivity index is 1.75. The number of fused-ring (bicyclic) bond motifs is 1. The first-order valence-electron chi connectivity index (χ1n) is 8.04. The van der Waals surface area contributed by atoms with E-state index < -0.39 is 5.91 Å². The third-order valence-electron chi connectivity index (χ3n) is 4.04. The number of rotatable bonds is 4. The van der Waals surface area contributed by atoms with Crippen LogP contribution in [-0.4, -0.2) is 15.9 Å². The molecule has 0 aliphatic carbocycles. The Kier molecular flexibility index (Phi) is 4.48. The van der Waals surface area contributed by atoms with Crippen LogP contribution >= 0.6 is 23.2 Å². The van der Waals surface area contributed by atoms with Crippen LogP contribution in [0.15, 0.2) is 59.0 Å². The van der Waals surface area contributed by atoms with Gasteiger partial charge < -0.3 is 15.1 Å². The molecule has 0 unspecified atom stereocenters. The summed E-state index contributed by atoms with van der Waals surface area (Å²) in [6.45, 7) is 0. The lowest BCUT2D eigenvalue weighted by atomic mass is 10.2. The van der Waals surface area contributed by atoms with Crippen LogP contribution in [0.25, 0.3) is 34.0 Å². The highest BCUT2D eigenvalue weighted by Gasteiger charge is 2.16. The minimum Gasteiger partial charge on any atom is -0.457 e. The number of benzene rings is 2. The Labute approximate surface area is 164 Å². The van der Waals surface area contributed by atoms with Crippen LogP contribution in [-0.2, 0) is 4.79 Å². The predicted octanol–water partition coefficient (Wildman–Crippen LogP) is 5.16. The van der Waals surface area contributed by atoms with E-state index >= 15 is 0 Å². The number of carbonyl (C=O) groups is 1. The number of furan rings is 1. The molecule has 0 fully saturated rings. The molecule has 0 radical (unpaired) electrons. The second-order valence-electron chi connectivity index (χ2n) is 5.83. The average Bonchev–Trinajstić information content (AvgIpc) is 3.28. The summed E-state index contributed by atoms with van der Waals surface area (Å²) in [4.78, 5) is 19.5. The minimum atomic E-state index is -0.618. The van der Waals surface area contributed by atoms with Crippen molar-refractivity contribution in [2.75, 3.05) is 0 Å². The number of hydrogen-bond acceptors (Lipinski definition) is 3. The third kappa shape index (κ3) is 3.35. The Morgan fingerprint density at radius 1 is 1.07 bits per heavy atom. The number of halogens is 2. The first-order valence-corrected chi connectivity index (χ1v) is 8.79. The maximum atomic E-state index is 12.0. The average molecular weight is 398 g/mol. The van der Waals surface area contributed by atoms with Crippen LogP contribution in [0.3, 0.4) is 0 Å². The zero-order chi connectivity index (χ0) is 19.0. The van der Waals surface area contributed by atoms with Crippen LogP contribution in [0, 0.1) is 0 Å². The highest BCUT2D eigenvalue weighted by molar-refractivity contribution is 6.43. The third-order valence-corrected chi connectivity index (χ3v) is 4.86. The summed E-state index contributed by atoms with van der Waals surface area (Å²) >= 11 is 12.3. The van der Waals surface area contributed by atoms with Gasteiger partial charge in [-0.05, 0) is 42.5 Å². The van der Waals surface area contributed by atoms with Crippen molar-refractivity contribution >= 4 is 51.8 Å². The molecule has 0 aliphatic rings. The lowest BCUT2D eigenvalue weighted by Gasteiger charge is -2.02. The van der Waals surface area contributed by atoms with Gasteiger partial charge in [0.25, 0.3) is 5.91 Å². The van der Waals surface area contributed by atoms with Crippen LogP contribution in [0.2, 0.25) is 10.0 Å². The first kappa shape index (κ1) is 17.4. The molecule has 7 heteroatoms. The standard InChI is InChI=1S/C20H13Cl2N3O2/c21-14-5-3-4-12(18(14)22)17-9-8-11(27-17)10-13(19(23)26)20-24-15-6-1-2-7-16(15)25-20/h1-10H,(H2,23,26)(H,24,25)/b13-10+. The summed E-state index contributed by atoms with van der Waals surface area (Å²) in [6, 6.07) is 16.2. The Morgan fingerprint density at radius 2 is 1.89 bits per heavy atom. The van der Waals surface area contributed by atoms with Crippen LogP contribution in [0.4, 0.5) is 0 Å². The number of nitrogens with two attached hydrogens (primary N) is 1. The van der Waals surface area contributed by atoms with E-state index in [1.54, 1.807) is 36.4 Å². The molecule has 0 aliphatic heterocycles. The second kappa shape index (κ2) is 6.95. The van der Waals surface area contributed by atoms with Gasteiger partial charge in [0, 0.05) is 5.56 Å². The number of imidazole rings is 1. The van der Waals surface area contributed by atoms with Crippen molar-refractivity contribution in [3.63, 3.8) is 0 Å². The first-order chi connectivity index (χ1) is 13.0. The number of aromatic amines is 1. The molecule has 5 nitrogen and oxygen atoms in total. The summed E-state index contributed by atoms with van der Waals surface area (Å²) in [7, 11) is 0. The number of H-pyrrole nitrogens is 1. The molecule has 4 aromatic rings. The predicted molar refractivity (Wildman–Crippen MR) is 107 cm³/mol. The molecule has 1 amide bonds. The highest BCUT2D eigenvalue weighted by atomic mass is 35.5. The zero-order valence-corrected chi connectivity index (χ0v) is 15.4. The molecule has 0 saturated carbocycles. The van der Waals surface area contributed by atoms with Crippen LogP contribution in [0.1, 0.15) is 11.6 Å². The van der Waals surface area contributed by atoms with Crippen LogP contribution in [0.5, 0.6) is 0 Å². The van der Waals surface area contributed by atoms with E-state index in [0.29, 0.717) is 33.0 Å². The second-order valence-corrected chi connectivity index (χ2v) is 6.61. The van der Waals surface area contributed by atoms with Crippen molar-refractivity contribution in [3.05, 3.63) is 76.2 Å². The van der Waals surface area contributed by atoms with E-state index in [-0.39, 0.29) is 5.57 Å². The molecular weight excluding hydrogens is 385 g/mol. The molecule has 0 atom stereocenters. The van der Waals surface area contributed by atoms with Gasteiger partial charge in [-0.1, -0.05) is 41.4 Å². The molecule has 3 N–H and O–H groups in total. The largest absolute Gasteiger partial charge is 0.457 e. The number of amides is 1. The normalized spacial score (nSPS) is 11.9. The van der Waals surface area contributed by atoms with Crippen molar-refractivity contribution in [3.8, 4) is 11.3 Å². The van der Waals surface area contributed by atoms with Crippen molar-refractivity contribution in [1.82, 2.24) is 9.97 Å². The van der Waals surface area contributed by atoms with Gasteiger partial charge in [0.2, 0.25) is 0 Å². The fourth-order valence-corrected chi connectivity index (χ4v) is 3.14. The van der Waals surface area contributed by atoms with Crippen molar-refractivity contribution in [1.29, 1.82) is 0 Å². The van der Waals surface area contributed by atoms with Gasteiger partial charge in [-0.15, -0.1) is 0 Å². The van der Waals surface area contributed by atoms with Crippen molar-refractivity contribution in [2.24, 2.45) is 5.73 Å². The van der Waals surface area contributed by atoms with Gasteiger partial charge >= 0.3 is 0 Å². The van der Waals surface area contributed by atoms with Gasteiger partial charge in [0.1, 0.15) is 17.3 Å². The summed E-state index contributed by atoms with van der Waals surface area (Å²) < 4.78 is 5.81. The Hall–Kier alpha value is -3.02. The number of hydrogen-bond donors (Lipinski definition) is 2. The molecule has 0 spiro atoms. The zero-order valence-electron chi connectivity index (χ0n) is 13.9. The summed E-state index contributed by atoms with van der Waals surface area (Å²) in [5.74, 6) is 0.729. The quantitative estimate of drug-likeness (QED) is 0.466. The summed E-state index contributed by atoms with van der Waals surface area (Å²) in [6.07, 6.45) is 1.54. The number of carbonyl (C=O) groups excluding carboxylic acids is 1. The topological polar surface area (TPSA) is 84.9 Å². The maximum absolute atomic E-state index is 12.0. The number of nitrogens with one attached hydrogen (secondary N) is 1. The fraction of sp³-hybridized carbons (Fsp3) is 0. The van der Waals surface area contributed by atoms with Gasteiger partial charge in [0.05, 0.1) is 26.7 Å². The van der Waals surface area contributed by atoms with E-state index in [0.717, 1.165) is 11.0 Å². The molecule has 2 aromatic heterocycles. The fourth-order valence-electron chi connectivity index (χ4n) is 2.75. The van der Waals surface area contributed by atoms with E-state index in [9.17, 15) is 4.79 Å². The van der Waals surface area contributed by atoms with Gasteiger partial charge in [-0.2, -0.15) is 0 Å². The van der Waals surface area contributed by atoms with Gasteiger partial charge in [-0.3, -0.25) is 4.79 Å². The number of nitrogens with zero attached hydrogens (tertiary/aromatic N) is 1. The van der Waals surface area contributed by atoms with Gasteiger partial charge in [-0.25, -0.2) is 4.98 Å². The monoisotopic (exact) mass is 397 g/mol. The highest BCUT2D eigenvalue weighted by Crippen LogP contribution is 2.34.